The van der Waals surface area contributed by atoms with Crippen LogP contribution in [0.5, 0.6) is 11.5 Å². The van der Waals surface area contributed by atoms with Crippen LogP contribution in [-0.2, 0) is 41.3 Å². The molecule has 0 spiro atoms. The zero-order valence-electron chi connectivity index (χ0n) is 26.3. The van der Waals surface area contributed by atoms with Gasteiger partial charge in [-0.25, -0.2) is 16.8 Å². The maximum absolute atomic E-state index is 13.8. The second-order valence-electron chi connectivity index (χ2n) is 14.5. The van der Waals surface area contributed by atoms with Crippen LogP contribution in [0.4, 0.5) is 0 Å². The van der Waals surface area contributed by atoms with Gasteiger partial charge in [0, 0.05) is 22.3 Å². The van der Waals surface area contributed by atoms with E-state index in [0.29, 0.717) is 33.8 Å². The Balaban J connectivity index is 2.84. The highest BCUT2D eigenvalue weighted by Gasteiger charge is 2.35. The number of rotatable bonds is 6. The van der Waals surface area contributed by atoms with Crippen LogP contribution in [0.3, 0.4) is 0 Å². The Kier molecular flexibility index (Phi) is 8.84. The van der Waals surface area contributed by atoms with Crippen molar-refractivity contribution in [1.29, 1.82) is 0 Å². The predicted octanol–water partition coefficient (Wildman–Crippen LogP) is 7.10. The van der Waals surface area contributed by atoms with Gasteiger partial charge < -0.3 is 9.47 Å². The third-order valence-electron chi connectivity index (χ3n) is 6.79. The van der Waals surface area contributed by atoms with Crippen molar-refractivity contribution in [3.63, 3.8) is 0 Å². The van der Waals surface area contributed by atoms with Crippen molar-refractivity contribution in [2.75, 3.05) is 19.3 Å². The van der Waals surface area contributed by atoms with E-state index in [1.54, 1.807) is 38.5 Å². The number of ether oxygens (including phenoxy) is 2. The molecule has 2 aromatic rings. The normalized spacial score (nSPS) is 13.9. The van der Waals surface area contributed by atoms with Crippen LogP contribution in [0.15, 0.2) is 34.1 Å². The lowest BCUT2D eigenvalue weighted by atomic mass is 9.79. The lowest BCUT2D eigenvalue weighted by molar-refractivity contribution is 0.380. The average molecular weight is 581 g/mol. The Morgan fingerprint density at radius 1 is 0.487 bits per heavy atom. The van der Waals surface area contributed by atoms with Gasteiger partial charge in [0.2, 0.25) is 0 Å². The Bertz CT molecular complexity index is 1260. The smallest absolute Gasteiger partial charge is 0.193 e. The highest BCUT2D eigenvalue weighted by Crippen LogP contribution is 2.43. The molecule has 0 radical (unpaired) electrons. The fraction of sp³-hybridized carbons (Fsp3) is 0.613. The van der Waals surface area contributed by atoms with Crippen molar-refractivity contribution < 1.29 is 26.3 Å². The third kappa shape index (κ3) is 7.18. The summed E-state index contributed by atoms with van der Waals surface area (Å²) in [6.45, 7) is 23.7. The van der Waals surface area contributed by atoms with Crippen molar-refractivity contribution in [1.82, 2.24) is 0 Å². The van der Waals surface area contributed by atoms with Gasteiger partial charge in [-0.2, -0.15) is 0 Å². The maximum atomic E-state index is 13.8. The number of hydrogen-bond donors (Lipinski definition) is 0. The van der Waals surface area contributed by atoms with Crippen molar-refractivity contribution >= 4 is 19.7 Å². The molecule has 39 heavy (non-hydrogen) atoms. The first-order chi connectivity index (χ1) is 17.3. The fourth-order valence-corrected chi connectivity index (χ4v) is 8.48. The summed E-state index contributed by atoms with van der Waals surface area (Å²) in [4.78, 5) is -0.0512. The average Bonchev–Trinajstić information content (AvgIpc) is 2.73. The largest absolute Gasteiger partial charge is 0.496 e. The molecule has 0 saturated heterocycles. The van der Waals surface area contributed by atoms with Crippen LogP contribution in [0.1, 0.15) is 105 Å². The van der Waals surface area contributed by atoms with Gasteiger partial charge in [-0.1, -0.05) is 83.1 Å². The lowest BCUT2D eigenvalue weighted by Gasteiger charge is -2.30. The summed E-state index contributed by atoms with van der Waals surface area (Å²) in [7, 11) is -5.35. The molecule has 0 aliphatic carbocycles. The van der Waals surface area contributed by atoms with Gasteiger partial charge in [-0.15, -0.1) is 0 Å². The summed E-state index contributed by atoms with van der Waals surface area (Å²) in [6.07, 6.45) is 0. The standard InChI is InChI=1S/C31H48O6S2/c1-28(2,3)22-15-20(16-23(26(22)36-13)29(4,5)6)38(32,33)19-39(34,35)21-17-24(30(7,8)9)27(37-14)25(18-21)31(10,11)12/h15-18H,19H2,1-14H3. The molecule has 8 heteroatoms. The van der Waals surface area contributed by atoms with Crippen LogP contribution in [-0.4, -0.2) is 36.1 Å². The van der Waals surface area contributed by atoms with Gasteiger partial charge in [0.25, 0.3) is 0 Å². The SMILES string of the molecule is COc1c(C(C)(C)C)cc(S(=O)(=O)CS(=O)(=O)c2cc(C(C)(C)C)c(OC)c(C(C)(C)C)c2)cc1C(C)(C)C. The molecule has 0 unspecified atom stereocenters. The number of methoxy groups -OCH3 is 2. The van der Waals surface area contributed by atoms with Gasteiger partial charge in [0.05, 0.1) is 24.0 Å². The summed E-state index contributed by atoms with van der Waals surface area (Å²) >= 11 is 0. The molecule has 0 aliphatic rings. The second kappa shape index (κ2) is 10.4. The maximum Gasteiger partial charge on any atom is 0.193 e. The Labute approximate surface area is 237 Å². The molecular weight excluding hydrogens is 532 g/mol. The van der Waals surface area contributed by atoms with E-state index < -0.39 is 46.4 Å². The summed E-state index contributed by atoms with van der Waals surface area (Å²) in [5, 5.41) is -1.04. The Morgan fingerprint density at radius 2 is 0.692 bits per heavy atom. The van der Waals surface area contributed by atoms with E-state index in [-0.39, 0.29) is 9.79 Å². The van der Waals surface area contributed by atoms with E-state index in [2.05, 4.69) is 0 Å². The molecule has 0 bridgehead atoms. The minimum absolute atomic E-state index is 0.0256. The van der Waals surface area contributed by atoms with E-state index in [1.165, 1.54) is 0 Å². The highest BCUT2D eigenvalue weighted by atomic mass is 32.3. The van der Waals surface area contributed by atoms with Crippen LogP contribution in [0.25, 0.3) is 0 Å². The quantitative estimate of drug-likeness (QED) is 0.362. The minimum Gasteiger partial charge on any atom is -0.496 e. The molecule has 0 aromatic heterocycles. The van der Waals surface area contributed by atoms with E-state index >= 15 is 0 Å². The summed E-state index contributed by atoms with van der Waals surface area (Å²) in [6, 6.07) is 6.25. The second-order valence-corrected chi connectivity index (χ2v) is 18.8. The van der Waals surface area contributed by atoms with Gasteiger partial charge in [0.1, 0.15) is 11.5 Å². The third-order valence-corrected chi connectivity index (χ3v) is 11.2. The number of benzene rings is 2. The molecule has 2 aromatic carbocycles. The molecule has 0 aliphatic heterocycles. The van der Waals surface area contributed by atoms with E-state index in [4.69, 9.17) is 9.47 Å². The lowest BCUT2D eigenvalue weighted by Crippen LogP contribution is -2.24. The highest BCUT2D eigenvalue weighted by molar-refractivity contribution is 8.08. The molecule has 0 atom stereocenters. The number of hydrogen-bond acceptors (Lipinski definition) is 6. The summed E-state index contributed by atoms with van der Waals surface area (Å²) in [5.41, 5.74) is 1.10. The minimum atomic E-state index is -4.24. The zero-order valence-corrected chi connectivity index (χ0v) is 27.9. The van der Waals surface area contributed by atoms with Crippen LogP contribution < -0.4 is 9.47 Å². The van der Waals surface area contributed by atoms with Gasteiger partial charge >= 0.3 is 0 Å². The monoisotopic (exact) mass is 580 g/mol. The molecule has 0 N–H and O–H groups in total. The molecule has 0 amide bonds. The number of sulfone groups is 2. The summed E-state index contributed by atoms with van der Waals surface area (Å²) in [5.74, 6) is 1.24. The van der Waals surface area contributed by atoms with Crippen molar-refractivity contribution in [3.8, 4) is 11.5 Å². The molecule has 220 valence electrons. The first kappa shape index (κ1) is 33.1. The van der Waals surface area contributed by atoms with E-state index in [1.807, 2.05) is 83.1 Å². The van der Waals surface area contributed by atoms with Crippen LogP contribution in [0, 0.1) is 0 Å². The Hall–Kier alpha value is -2.06. The molecule has 0 fully saturated rings. The molecule has 6 nitrogen and oxygen atoms in total. The van der Waals surface area contributed by atoms with Crippen molar-refractivity contribution in [3.05, 3.63) is 46.5 Å². The summed E-state index contributed by atoms with van der Waals surface area (Å²) < 4.78 is 66.8. The van der Waals surface area contributed by atoms with Crippen molar-refractivity contribution in [2.45, 2.75) is 115 Å². The van der Waals surface area contributed by atoms with Crippen LogP contribution in [0.2, 0.25) is 0 Å². The first-order valence-corrected chi connectivity index (χ1v) is 16.5. The Morgan fingerprint density at radius 3 is 0.846 bits per heavy atom. The first-order valence-electron chi connectivity index (χ1n) is 13.2. The van der Waals surface area contributed by atoms with Gasteiger partial charge in [-0.3, -0.25) is 0 Å². The van der Waals surface area contributed by atoms with Crippen LogP contribution >= 0.6 is 0 Å². The van der Waals surface area contributed by atoms with Crippen molar-refractivity contribution in [2.24, 2.45) is 0 Å². The van der Waals surface area contributed by atoms with E-state index in [0.717, 1.165) is 0 Å². The van der Waals surface area contributed by atoms with Gasteiger partial charge in [-0.05, 0) is 45.9 Å². The van der Waals surface area contributed by atoms with Gasteiger partial charge in [0.15, 0.2) is 24.8 Å². The molecule has 2 rings (SSSR count). The molecule has 0 heterocycles. The topological polar surface area (TPSA) is 86.7 Å². The molecule has 0 saturated carbocycles. The zero-order chi connectivity index (χ0) is 30.6. The van der Waals surface area contributed by atoms with E-state index in [9.17, 15) is 16.8 Å². The fourth-order valence-electron chi connectivity index (χ4n) is 4.57. The predicted molar refractivity (Wildman–Crippen MR) is 160 cm³/mol. The molecular formula is C31H48O6S2.